The highest BCUT2D eigenvalue weighted by Gasteiger charge is 2.39. The van der Waals surface area contributed by atoms with Crippen LogP contribution in [0.4, 0.5) is 0 Å². The number of fused-ring (bicyclic) bond motifs is 1. The summed E-state index contributed by atoms with van der Waals surface area (Å²) in [5, 5.41) is 0. The van der Waals surface area contributed by atoms with Crippen molar-refractivity contribution in [2.75, 3.05) is 0 Å². The molecule has 0 aliphatic heterocycles. The molecule has 0 amide bonds. The lowest BCUT2D eigenvalue weighted by Gasteiger charge is -2.36. The van der Waals surface area contributed by atoms with Gasteiger partial charge in [0.05, 0.1) is 0 Å². The first-order valence-electron chi connectivity index (χ1n) is 7.35. The van der Waals surface area contributed by atoms with Crippen molar-refractivity contribution in [3.63, 3.8) is 0 Å². The topological polar surface area (TPSA) is 0 Å². The van der Waals surface area contributed by atoms with Gasteiger partial charge in [-0.2, -0.15) is 0 Å². The molecule has 19 heavy (non-hydrogen) atoms. The van der Waals surface area contributed by atoms with Gasteiger partial charge in [-0.05, 0) is 41.4 Å². The minimum Gasteiger partial charge on any atom is -0.0593 e. The molecule has 0 spiro atoms. The summed E-state index contributed by atoms with van der Waals surface area (Å²) in [5.41, 5.74) is 7.90. The lowest BCUT2D eigenvalue weighted by molar-refractivity contribution is 0.316. The van der Waals surface area contributed by atoms with E-state index >= 15 is 0 Å². The molecule has 0 radical (unpaired) electrons. The first kappa shape index (κ1) is 14.4. The van der Waals surface area contributed by atoms with Gasteiger partial charge in [-0.15, -0.1) is 0 Å². The SMILES string of the molecule is Cc1cc(C)c2c(c1)C(C(C)(C)C)C(C(C)(C)C)=C2. The standard InChI is InChI=1S/C19H28/c1-12-9-13(2)14-11-16(18(3,4)5)17(15(14)10-12)19(6,7)8/h9-11,17H,1-8H3. The Kier molecular flexibility index (Phi) is 3.20. The van der Waals surface area contributed by atoms with E-state index in [-0.39, 0.29) is 10.8 Å². The number of allylic oxidation sites excluding steroid dienone is 1. The smallest absolute Gasteiger partial charge is 0.0111 e. The molecule has 0 fully saturated rings. The Bertz CT molecular complexity index is 530. The normalized spacial score (nSPS) is 19.4. The molecule has 0 bridgehead atoms. The maximum absolute atomic E-state index is 2.46. The Morgan fingerprint density at radius 3 is 1.95 bits per heavy atom. The highest BCUT2D eigenvalue weighted by atomic mass is 14.4. The van der Waals surface area contributed by atoms with E-state index < -0.39 is 0 Å². The molecular formula is C19H28. The molecule has 104 valence electrons. The molecule has 1 aliphatic carbocycles. The summed E-state index contributed by atoms with van der Waals surface area (Å²) in [7, 11) is 0. The van der Waals surface area contributed by atoms with Gasteiger partial charge in [0.1, 0.15) is 0 Å². The van der Waals surface area contributed by atoms with Crippen LogP contribution < -0.4 is 0 Å². The van der Waals surface area contributed by atoms with Crippen LogP contribution in [-0.2, 0) is 0 Å². The van der Waals surface area contributed by atoms with Crippen molar-refractivity contribution in [1.29, 1.82) is 0 Å². The largest absolute Gasteiger partial charge is 0.0593 e. The second kappa shape index (κ2) is 4.23. The molecule has 1 unspecified atom stereocenters. The first-order valence-corrected chi connectivity index (χ1v) is 7.35. The van der Waals surface area contributed by atoms with Gasteiger partial charge < -0.3 is 0 Å². The zero-order chi connectivity index (χ0) is 14.6. The maximum Gasteiger partial charge on any atom is 0.0111 e. The maximum atomic E-state index is 2.46. The van der Waals surface area contributed by atoms with E-state index in [1.54, 1.807) is 5.57 Å². The predicted octanol–water partition coefficient (Wildman–Crippen LogP) is 5.88. The average Bonchev–Trinajstić information content (AvgIpc) is 2.55. The average molecular weight is 256 g/mol. The zero-order valence-electron chi connectivity index (χ0n) is 13.8. The van der Waals surface area contributed by atoms with Crippen LogP contribution >= 0.6 is 0 Å². The van der Waals surface area contributed by atoms with Crippen LogP contribution in [-0.4, -0.2) is 0 Å². The molecule has 0 saturated carbocycles. The molecule has 2 rings (SSSR count). The molecule has 0 heterocycles. The summed E-state index contributed by atoms with van der Waals surface area (Å²) in [6.07, 6.45) is 2.46. The summed E-state index contributed by atoms with van der Waals surface area (Å²) in [6, 6.07) is 4.70. The van der Waals surface area contributed by atoms with Gasteiger partial charge in [0.15, 0.2) is 0 Å². The number of hydrogen-bond acceptors (Lipinski definition) is 0. The summed E-state index contributed by atoms with van der Waals surface area (Å²) in [5.74, 6) is 0.543. The van der Waals surface area contributed by atoms with E-state index in [4.69, 9.17) is 0 Å². The van der Waals surface area contributed by atoms with E-state index in [0.717, 1.165) is 0 Å². The van der Waals surface area contributed by atoms with Gasteiger partial charge in [-0.25, -0.2) is 0 Å². The summed E-state index contributed by atoms with van der Waals surface area (Å²) < 4.78 is 0. The van der Waals surface area contributed by atoms with Crippen LogP contribution in [0.15, 0.2) is 17.7 Å². The lowest BCUT2D eigenvalue weighted by atomic mass is 9.68. The number of benzene rings is 1. The van der Waals surface area contributed by atoms with E-state index in [9.17, 15) is 0 Å². The monoisotopic (exact) mass is 256 g/mol. The van der Waals surface area contributed by atoms with Crippen molar-refractivity contribution < 1.29 is 0 Å². The molecule has 0 N–H and O–H groups in total. The van der Waals surface area contributed by atoms with E-state index in [2.05, 4.69) is 73.6 Å². The quantitative estimate of drug-likeness (QED) is 0.544. The Morgan fingerprint density at radius 1 is 0.895 bits per heavy atom. The predicted molar refractivity (Wildman–Crippen MR) is 85.5 cm³/mol. The van der Waals surface area contributed by atoms with E-state index in [1.807, 2.05) is 0 Å². The van der Waals surface area contributed by atoms with Crippen LogP contribution in [0.25, 0.3) is 6.08 Å². The summed E-state index contributed by atoms with van der Waals surface area (Å²) in [4.78, 5) is 0. The second-order valence-electron chi connectivity index (χ2n) is 8.23. The Balaban J connectivity index is 2.69. The zero-order valence-corrected chi connectivity index (χ0v) is 13.8. The highest BCUT2D eigenvalue weighted by molar-refractivity contribution is 5.71. The molecule has 1 atom stereocenters. The van der Waals surface area contributed by atoms with E-state index in [1.165, 1.54) is 22.3 Å². The Morgan fingerprint density at radius 2 is 1.47 bits per heavy atom. The van der Waals surface area contributed by atoms with Crippen LogP contribution in [0, 0.1) is 24.7 Å². The molecule has 0 aromatic heterocycles. The van der Waals surface area contributed by atoms with Gasteiger partial charge in [-0.1, -0.05) is 70.9 Å². The number of rotatable bonds is 0. The van der Waals surface area contributed by atoms with Crippen molar-refractivity contribution in [3.8, 4) is 0 Å². The Hall–Kier alpha value is -1.04. The fraction of sp³-hybridized carbons (Fsp3) is 0.579. The van der Waals surface area contributed by atoms with Gasteiger partial charge in [-0.3, -0.25) is 0 Å². The van der Waals surface area contributed by atoms with Crippen LogP contribution in [0.1, 0.15) is 69.7 Å². The van der Waals surface area contributed by atoms with Crippen LogP contribution in [0.5, 0.6) is 0 Å². The second-order valence-corrected chi connectivity index (χ2v) is 8.23. The first-order chi connectivity index (χ1) is 8.51. The van der Waals surface area contributed by atoms with Gasteiger partial charge in [0.2, 0.25) is 0 Å². The molecule has 0 heteroatoms. The lowest BCUT2D eigenvalue weighted by Crippen LogP contribution is -2.24. The fourth-order valence-electron chi connectivity index (χ4n) is 3.44. The molecule has 1 aliphatic rings. The van der Waals surface area contributed by atoms with E-state index in [0.29, 0.717) is 5.92 Å². The van der Waals surface area contributed by atoms with Crippen molar-refractivity contribution in [1.82, 2.24) is 0 Å². The van der Waals surface area contributed by atoms with Gasteiger partial charge >= 0.3 is 0 Å². The Labute approximate surface area is 118 Å². The molecular weight excluding hydrogens is 228 g/mol. The number of hydrogen-bond donors (Lipinski definition) is 0. The molecule has 1 aromatic rings. The van der Waals surface area contributed by atoms with Gasteiger partial charge in [0, 0.05) is 5.92 Å². The molecule has 0 saturated heterocycles. The third-order valence-electron chi connectivity index (χ3n) is 4.22. The van der Waals surface area contributed by atoms with Crippen molar-refractivity contribution in [3.05, 3.63) is 40.0 Å². The third kappa shape index (κ3) is 2.50. The molecule has 0 nitrogen and oxygen atoms in total. The molecule has 1 aromatic carbocycles. The summed E-state index contributed by atoms with van der Waals surface area (Å²) >= 11 is 0. The third-order valence-corrected chi connectivity index (χ3v) is 4.22. The van der Waals surface area contributed by atoms with Gasteiger partial charge in [0.25, 0.3) is 0 Å². The minimum absolute atomic E-state index is 0.233. The number of aryl methyl sites for hydroxylation is 2. The van der Waals surface area contributed by atoms with Crippen molar-refractivity contribution in [2.45, 2.75) is 61.3 Å². The fourth-order valence-corrected chi connectivity index (χ4v) is 3.44. The van der Waals surface area contributed by atoms with Crippen molar-refractivity contribution in [2.24, 2.45) is 10.8 Å². The van der Waals surface area contributed by atoms with Crippen molar-refractivity contribution >= 4 is 6.08 Å². The highest BCUT2D eigenvalue weighted by Crippen LogP contribution is 2.53. The van der Waals surface area contributed by atoms with Crippen LogP contribution in [0.2, 0.25) is 0 Å². The summed E-state index contributed by atoms with van der Waals surface area (Å²) in [6.45, 7) is 18.6. The van der Waals surface area contributed by atoms with Crippen LogP contribution in [0.3, 0.4) is 0 Å². The minimum atomic E-state index is 0.233.